The second-order valence-corrected chi connectivity index (χ2v) is 32.3. The Hall–Kier alpha value is -7.42. The van der Waals surface area contributed by atoms with Gasteiger partial charge in [-0.3, -0.25) is 67.3 Å². The van der Waals surface area contributed by atoms with Crippen LogP contribution in [0.5, 0.6) is 0 Å². The van der Waals surface area contributed by atoms with E-state index in [1.165, 1.54) is 35.8 Å². The lowest BCUT2D eigenvalue weighted by atomic mass is 9.83. The van der Waals surface area contributed by atoms with Gasteiger partial charge in [0.2, 0.25) is 41.4 Å². The molecule has 25 nitrogen and oxygen atoms in total. The Labute approximate surface area is 631 Å². The summed E-state index contributed by atoms with van der Waals surface area (Å²) in [6, 6.07) is 9.29. The topological polar surface area (TPSA) is 342 Å². The molecule has 0 aromatic heterocycles. The highest BCUT2D eigenvalue weighted by Crippen LogP contribution is 2.52. The molecule has 2 saturated heterocycles. The fourth-order valence-corrected chi connectivity index (χ4v) is 16.4. The van der Waals surface area contributed by atoms with Gasteiger partial charge in [0.1, 0.15) is 18.5 Å². The Morgan fingerprint density at radius 3 is 1.99 bits per heavy atom. The van der Waals surface area contributed by atoms with Crippen molar-refractivity contribution in [3.8, 4) is 0 Å². The molecule has 2 heterocycles. The number of nitrogens with zero attached hydrogens (tertiary/aromatic N) is 4. The van der Waals surface area contributed by atoms with Crippen LogP contribution in [0.15, 0.2) is 42.5 Å². The van der Waals surface area contributed by atoms with E-state index in [-0.39, 0.29) is 160 Å². The van der Waals surface area contributed by atoms with Crippen LogP contribution in [0.4, 0.5) is 4.79 Å². The first kappa shape index (κ1) is 89.2. The molecule has 1 aliphatic carbocycles. The zero-order valence-corrected chi connectivity index (χ0v) is 66.4. The zero-order chi connectivity index (χ0) is 79.0. The molecule has 5 rings (SSSR count). The van der Waals surface area contributed by atoms with Crippen LogP contribution in [-0.4, -0.2) is 210 Å². The summed E-state index contributed by atoms with van der Waals surface area (Å²) in [5.74, 6) is -6.85. The van der Waals surface area contributed by atoms with Crippen molar-refractivity contribution in [3.63, 3.8) is 0 Å². The molecule has 590 valence electrons. The van der Waals surface area contributed by atoms with Gasteiger partial charge in [-0.1, -0.05) is 130 Å². The monoisotopic (exact) mass is 1500 g/mol. The van der Waals surface area contributed by atoms with Crippen molar-refractivity contribution in [2.45, 2.75) is 246 Å². The third kappa shape index (κ3) is 26.5. The predicted molar refractivity (Wildman–Crippen MR) is 403 cm³/mol. The molecule has 2 aromatic rings. The van der Waals surface area contributed by atoms with Crippen LogP contribution >= 0.6 is 11.8 Å². The fraction of sp³-hybridized carbons (Fsp3) is 0.688. The minimum Gasteiger partial charge on any atom is -0.481 e. The number of Topliss-reactive ketones (excluding diaryl/α,β-unsaturated/α-hetero) is 4. The summed E-state index contributed by atoms with van der Waals surface area (Å²) < 4.78 is 23.8. The van der Waals surface area contributed by atoms with Crippen molar-refractivity contribution in [1.29, 1.82) is 0 Å². The minimum atomic E-state index is -1.05. The van der Waals surface area contributed by atoms with Crippen LogP contribution in [0, 0.1) is 60.7 Å². The molecular weight excluding hydrogens is 1380 g/mol. The van der Waals surface area contributed by atoms with Gasteiger partial charge in [0, 0.05) is 95.9 Å². The Morgan fingerprint density at radius 1 is 0.764 bits per heavy atom. The van der Waals surface area contributed by atoms with Gasteiger partial charge in [-0.05, 0) is 112 Å². The lowest BCUT2D eigenvalue weighted by Gasteiger charge is -2.41. The number of aliphatic carboxylic acids is 1. The van der Waals surface area contributed by atoms with E-state index in [9.17, 15) is 62.6 Å². The normalized spacial score (nSPS) is 18.9. The predicted octanol–water partition coefficient (Wildman–Crippen LogP) is 9.22. The molecule has 3 fully saturated rings. The van der Waals surface area contributed by atoms with Gasteiger partial charge in [-0.2, -0.15) is 0 Å². The zero-order valence-electron chi connectivity index (χ0n) is 65.6. The Balaban J connectivity index is 1.24. The summed E-state index contributed by atoms with van der Waals surface area (Å²) in [5.41, 5.74) is 8.44. The summed E-state index contributed by atoms with van der Waals surface area (Å²) in [6.07, 6.45) is 0.876. The molecule has 106 heavy (non-hydrogen) atoms. The average molecular weight is 1500 g/mol. The Morgan fingerprint density at radius 2 is 1.42 bits per heavy atom. The minimum absolute atomic E-state index is 0.00948. The second-order valence-electron chi connectivity index (χ2n) is 31.1. The lowest BCUT2D eigenvalue weighted by Crippen LogP contribution is -2.54. The molecule has 0 radical (unpaired) electrons. The lowest BCUT2D eigenvalue weighted by molar-refractivity contribution is -0.149. The summed E-state index contributed by atoms with van der Waals surface area (Å²) >= 11 is 1.36. The number of carbonyl (C=O) groups is 13. The highest BCUT2D eigenvalue weighted by atomic mass is 32.2. The number of carboxylic acids is 1. The SMILES string of the molecule is CC[C@H](C)[C@@H]([C@@H](CC(=O)N1C[C@@H](OC(=O)OCc2ccc(CC(=O)[C@H](CCCCC(N)=O)NC(=O)[C@@H](CC(=O)CCCCCN3C(=O)CC(SCC4(CC(=O)O)CC4)C3=O)C(C)C)cc2)C[C@H]1[C@H](OC)[C@@H](C)C(=O)NCC(=O)c1ccc(C)cc1C)OC)N(C)C(=O)[C@@H](CC(=O)[C@H](C(C)C)N(C)C)C(C)C. The second kappa shape index (κ2) is 42.4. The maximum absolute atomic E-state index is 15.1. The summed E-state index contributed by atoms with van der Waals surface area (Å²) in [4.78, 5) is 182. The number of ketones is 4. The summed E-state index contributed by atoms with van der Waals surface area (Å²) in [7, 11) is 8.27. The van der Waals surface area contributed by atoms with Crippen LogP contribution < -0.4 is 16.4 Å². The number of primary amides is 1. The summed E-state index contributed by atoms with van der Waals surface area (Å²) in [5, 5.41) is 14.4. The number of ether oxygens (including phenoxy) is 4. The quantitative estimate of drug-likeness (QED) is 0.0207. The molecule has 0 spiro atoms. The number of methoxy groups -OCH3 is 2. The molecule has 3 aliphatic rings. The highest BCUT2D eigenvalue weighted by Gasteiger charge is 2.49. The number of nitrogens with two attached hydrogens (primary N) is 1. The average Bonchev–Trinajstić information content (AvgIpc) is 1.68. The maximum atomic E-state index is 15.1. The third-order valence-electron chi connectivity index (χ3n) is 21.5. The number of likely N-dealkylation sites (N-methyl/N-ethyl adjacent to an activating group) is 2. The van der Waals surface area contributed by atoms with E-state index >= 15 is 4.79 Å². The van der Waals surface area contributed by atoms with Gasteiger partial charge in [-0.25, -0.2) is 4.79 Å². The number of imide groups is 1. The molecule has 2 aromatic carbocycles. The third-order valence-corrected chi connectivity index (χ3v) is 23.1. The first-order valence-electron chi connectivity index (χ1n) is 37.9. The van der Waals surface area contributed by atoms with Crippen molar-refractivity contribution >= 4 is 88.4 Å². The first-order chi connectivity index (χ1) is 50.0. The van der Waals surface area contributed by atoms with Crippen molar-refractivity contribution < 1.29 is 86.4 Å². The first-order valence-corrected chi connectivity index (χ1v) is 38.9. The number of likely N-dealkylation sites (tertiary alicyclic amines) is 2. The number of rotatable bonds is 48. The number of amides is 7. The van der Waals surface area contributed by atoms with Crippen LogP contribution in [0.2, 0.25) is 0 Å². The Kier molecular flexibility index (Phi) is 35.7. The molecule has 12 atom stereocenters. The van der Waals surface area contributed by atoms with Gasteiger partial charge in [0.25, 0.3) is 0 Å². The molecule has 0 bridgehead atoms. The van der Waals surface area contributed by atoms with Crippen LogP contribution in [0.1, 0.15) is 204 Å². The highest BCUT2D eigenvalue weighted by molar-refractivity contribution is 8.00. The van der Waals surface area contributed by atoms with Crippen molar-refractivity contribution in [1.82, 2.24) is 30.2 Å². The van der Waals surface area contributed by atoms with Crippen LogP contribution in [0.25, 0.3) is 0 Å². The fourth-order valence-electron chi connectivity index (χ4n) is 14.9. The number of hydrogen-bond acceptors (Lipinski definition) is 19. The number of carbonyl (C=O) groups excluding carboxylic acids is 12. The molecule has 1 unspecified atom stereocenters. The van der Waals surface area contributed by atoms with Gasteiger partial charge < -0.3 is 50.2 Å². The van der Waals surface area contributed by atoms with Crippen molar-refractivity contribution in [2.24, 2.45) is 52.6 Å². The molecule has 2 aliphatic heterocycles. The number of carboxylic acid groups (broad SMARTS) is 1. The number of hydrogen-bond donors (Lipinski definition) is 4. The number of unbranched alkanes of at least 4 members (excludes halogenated alkanes) is 3. The number of nitrogens with one attached hydrogen (secondary N) is 2. The van der Waals surface area contributed by atoms with E-state index in [2.05, 4.69) is 10.6 Å². The van der Waals surface area contributed by atoms with Gasteiger partial charge in [-0.15, -0.1) is 11.8 Å². The van der Waals surface area contributed by atoms with Crippen molar-refractivity contribution in [2.75, 3.05) is 60.7 Å². The standard InChI is InChI=1S/C80H121N7O18S/c1-17-51(9)73(85(14)77(99)60(48(4)5)39-64(90)72(49(6)7)84(12)13)66(102-15)40-69(93)87-44-57(38-62(87)74(103-16)53(11)75(97)82-43-65(91)58-31-26-50(8)35-52(58)10)105-79(101)104-45-55-29-27-54(28-30-55)36-63(89)61(24-20-21-25-68(81)92)83-76(98)59(47(2)3)37-56(88)23-19-18-22-34-86-70(94)41-67(78(86)100)106-46-80(32-33-80)42-71(95)96/h26-31,35,47-49,51,53,57,59-62,66-67,72-74H,17-25,32-34,36-46H2,1-16H3,(H2,81,92)(H,82,97)(H,83,98)(H,95,96)/t51-,53+,57-,59-,60-,61-,62-,66+,67?,72-,73-,74+/m0/s1. The van der Waals surface area contributed by atoms with Gasteiger partial charge in [0.05, 0.1) is 73.5 Å². The van der Waals surface area contributed by atoms with Crippen molar-refractivity contribution in [3.05, 3.63) is 70.3 Å². The van der Waals surface area contributed by atoms with Gasteiger partial charge >= 0.3 is 12.1 Å². The van der Waals surface area contributed by atoms with E-state index in [4.69, 9.17) is 24.7 Å². The van der Waals surface area contributed by atoms with E-state index in [0.717, 1.165) is 24.0 Å². The van der Waals surface area contributed by atoms with E-state index in [1.807, 2.05) is 100 Å². The number of benzene rings is 2. The number of aryl methyl sites for hydroxylation is 2. The molecule has 26 heteroatoms. The van der Waals surface area contributed by atoms with Gasteiger partial charge in [0.15, 0.2) is 17.3 Å². The van der Waals surface area contributed by atoms with Crippen LogP contribution in [-0.2, 0) is 84.7 Å². The largest absolute Gasteiger partial charge is 0.508 e. The van der Waals surface area contributed by atoms with E-state index < -0.39 is 101 Å². The molecule has 7 amide bonds. The number of thioether (sulfide) groups is 1. The van der Waals surface area contributed by atoms with E-state index in [0.29, 0.717) is 61.0 Å². The van der Waals surface area contributed by atoms with E-state index in [1.54, 1.807) is 49.2 Å². The molecule has 1 saturated carbocycles. The van der Waals surface area contributed by atoms with Crippen LogP contribution in [0.3, 0.4) is 0 Å². The molecular formula is C80H121N7O18S. The Bertz CT molecular complexity index is 3370. The summed E-state index contributed by atoms with van der Waals surface area (Å²) in [6.45, 7) is 20.3. The maximum Gasteiger partial charge on any atom is 0.508 e. The molecule has 5 N–H and O–H groups in total. The smallest absolute Gasteiger partial charge is 0.481 e.